The van der Waals surface area contributed by atoms with Gasteiger partial charge in [-0.3, -0.25) is 33.6 Å². The van der Waals surface area contributed by atoms with Gasteiger partial charge in [0.1, 0.15) is 53.8 Å². The molecule has 0 spiro atoms. The number of carboxylic acids is 1. The van der Waals surface area contributed by atoms with Crippen molar-refractivity contribution in [1.29, 1.82) is 0 Å². The van der Waals surface area contributed by atoms with Crippen LogP contribution in [0.4, 0.5) is 0 Å². The Labute approximate surface area is 424 Å². The molecule has 23 nitrogen and oxygen atoms in total. The fourth-order valence-corrected chi connectivity index (χ4v) is 7.77. The fourth-order valence-electron chi connectivity index (χ4n) is 7.77. The topological polar surface area (TPSA) is 384 Å². The lowest BCUT2D eigenvalue weighted by Crippen LogP contribution is -2.63. The lowest BCUT2D eigenvalue weighted by Gasteiger charge is -2.29. The van der Waals surface area contributed by atoms with Crippen LogP contribution in [0.25, 0.3) is 10.9 Å². The van der Waals surface area contributed by atoms with Crippen LogP contribution in [-0.2, 0) is 64.0 Å². The summed E-state index contributed by atoms with van der Waals surface area (Å²) < 4.78 is 0. The maximum atomic E-state index is 14.1. The van der Waals surface area contributed by atoms with Crippen LogP contribution in [0.15, 0.2) is 109 Å². The average Bonchev–Trinajstić information content (AvgIpc) is 3.78. The van der Waals surface area contributed by atoms with Gasteiger partial charge < -0.3 is 78.6 Å². The van der Waals surface area contributed by atoms with E-state index in [1.54, 1.807) is 60.8 Å². The predicted molar refractivity (Wildman–Crippen MR) is 266 cm³/mol. The van der Waals surface area contributed by atoms with Gasteiger partial charge in [-0.15, -0.1) is 0 Å². The fraction of sp³-hybridized carbons (Fsp3) is 0.333. The molecule has 0 unspecified atom stereocenters. The van der Waals surface area contributed by atoms with Crippen LogP contribution in [0.3, 0.4) is 0 Å². The number of para-hydroxylation sites is 1. The third-order valence-electron chi connectivity index (χ3n) is 11.8. The highest BCUT2D eigenvalue weighted by molar-refractivity contribution is 5.98. The summed E-state index contributed by atoms with van der Waals surface area (Å²) in [4.78, 5) is 111. The van der Waals surface area contributed by atoms with Crippen molar-refractivity contribution in [2.45, 2.75) is 94.0 Å². The van der Waals surface area contributed by atoms with Crippen molar-refractivity contribution in [2.24, 2.45) is 5.73 Å². The SMILES string of the molecule is C[C@@H](O)[C@H](NC(=O)[C@H](Cc1ccccc1)NC(=O)[C@@H](NC(=O)[C@H](Cc1ccc(O)cc1)NC(=O)CN)[C@@H](C)O)C(=O)N[C@@H](CO)C(=O)N[C@@H](Cc1ccc(O)cc1)C(=O)N[C@@H](Cc1c[nH]c2ccccc12)C(=O)O. The predicted octanol–water partition coefficient (Wildman–Crippen LogP) is -1.96. The average molecular weight is 1020 g/mol. The van der Waals surface area contributed by atoms with Gasteiger partial charge in [-0.25, -0.2) is 4.79 Å². The number of phenols is 2. The molecule has 1 aromatic heterocycles. The number of aliphatic hydroxyl groups excluding tert-OH is 3. The Morgan fingerprint density at radius 1 is 0.500 bits per heavy atom. The number of aromatic amines is 1. The summed E-state index contributed by atoms with van der Waals surface area (Å²) in [6, 6.07) is 15.3. The van der Waals surface area contributed by atoms with Gasteiger partial charge in [-0.1, -0.05) is 72.8 Å². The van der Waals surface area contributed by atoms with Gasteiger partial charge in [0.15, 0.2) is 0 Å². The first-order chi connectivity index (χ1) is 35.3. The number of nitrogens with one attached hydrogen (secondary N) is 8. The third-order valence-corrected chi connectivity index (χ3v) is 11.8. The minimum absolute atomic E-state index is 0.0537. The van der Waals surface area contributed by atoms with Gasteiger partial charge in [-0.05, 0) is 66.4 Å². The molecular weight excluding hydrogens is 963 g/mol. The number of nitrogens with two attached hydrogens (primary N) is 1. The van der Waals surface area contributed by atoms with E-state index in [-0.39, 0.29) is 37.2 Å². The number of benzene rings is 4. The smallest absolute Gasteiger partial charge is 0.326 e. The van der Waals surface area contributed by atoms with Crippen molar-refractivity contribution in [2.75, 3.05) is 13.2 Å². The van der Waals surface area contributed by atoms with Crippen molar-refractivity contribution >= 4 is 58.2 Å². The number of amides is 7. The molecule has 0 aliphatic rings. The Morgan fingerprint density at radius 2 is 0.905 bits per heavy atom. The monoisotopic (exact) mass is 1020 g/mol. The maximum absolute atomic E-state index is 14.1. The Morgan fingerprint density at radius 3 is 1.38 bits per heavy atom. The largest absolute Gasteiger partial charge is 0.508 e. The van der Waals surface area contributed by atoms with Gasteiger partial charge in [-0.2, -0.15) is 0 Å². The number of fused-ring (bicyclic) bond motifs is 1. The number of carbonyl (C=O) groups excluding carboxylic acids is 7. The zero-order valence-electron chi connectivity index (χ0n) is 40.4. The van der Waals surface area contributed by atoms with Crippen LogP contribution in [0, 0.1) is 0 Å². The summed E-state index contributed by atoms with van der Waals surface area (Å²) in [5.41, 5.74) is 8.21. The highest BCUT2D eigenvalue weighted by atomic mass is 16.4. The van der Waals surface area contributed by atoms with E-state index in [0.29, 0.717) is 22.3 Å². The summed E-state index contributed by atoms with van der Waals surface area (Å²) in [5.74, 6) is -8.60. The highest BCUT2D eigenvalue weighted by Gasteiger charge is 2.37. The molecule has 5 aromatic rings. The molecule has 0 saturated carbocycles. The molecule has 9 atom stereocenters. The van der Waals surface area contributed by atoms with Crippen LogP contribution in [0.2, 0.25) is 0 Å². The lowest BCUT2D eigenvalue weighted by atomic mass is 10.0. The van der Waals surface area contributed by atoms with Gasteiger partial charge in [0.05, 0.1) is 25.4 Å². The maximum Gasteiger partial charge on any atom is 0.326 e. The lowest BCUT2D eigenvalue weighted by molar-refractivity contribution is -0.142. The van der Waals surface area contributed by atoms with Gasteiger partial charge in [0.25, 0.3) is 0 Å². The van der Waals surface area contributed by atoms with E-state index in [9.17, 15) is 69.0 Å². The highest BCUT2D eigenvalue weighted by Crippen LogP contribution is 2.20. The Hall–Kier alpha value is -8.38. The minimum atomic E-state index is -1.87. The molecule has 0 bridgehead atoms. The molecule has 5 rings (SSSR count). The van der Waals surface area contributed by atoms with Crippen LogP contribution in [-0.4, -0.2) is 151 Å². The number of aromatic nitrogens is 1. The molecule has 1 heterocycles. The number of carbonyl (C=O) groups is 8. The van der Waals surface area contributed by atoms with Crippen molar-refractivity contribution in [3.05, 3.63) is 132 Å². The van der Waals surface area contributed by atoms with Crippen molar-refractivity contribution in [3.63, 3.8) is 0 Å². The number of H-pyrrole nitrogens is 1. The van der Waals surface area contributed by atoms with Crippen LogP contribution < -0.4 is 43.0 Å². The molecule has 4 aromatic carbocycles. The second-order valence-corrected chi connectivity index (χ2v) is 17.5. The van der Waals surface area contributed by atoms with Gasteiger partial charge in [0.2, 0.25) is 41.4 Å². The Balaban J connectivity index is 1.32. The number of carboxylic acid groups (broad SMARTS) is 1. The standard InChI is InChI=1S/C51H61N9O14/c1-27(62)43(59-46(68)37(54-42(66)24-52)21-30-12-16-33(64)17-13-30)49(71)56-39(20-29-8-4-3-5-9-29)47(69)60-44(28(2)63)50(72)58-41(26-61)48(70)55-38(22-31-14-18-34(65)19-15-31)45(67)57-40(51(73)74)23-32-25-53-36-11-7-6-10-35(32)36/h3-19,25,27-28,37-41,43-44,53,61-65H,20-24,26,52H2,1-2H3,(H,54,66)(H,55,70)(H,56,71)(H,57,67)(H,58,72)(H,59,68)(H,60,69)(H,73,74)/t27-,28-,37+,38+,39+,40+,41+,43+,44+/m1/s1. The first-order valence-electron chi connectivity index (χ1n) is 23.4. The van der Waals surface area contributed by atoms with E-state index in [1.807, 2.05) is 0 Å². The van der Waals surface area contributed by atoms with Crippen LogP contribution >= 0.6 is 0 Å². The van der Waals surface area contributed by atoms with E-state index in [1.165, 1.54) is 55.5 Å². The van der Waals surface area contributed by atoms with E-state index < -0.39 is 115 Å². The molecule has 0 aliphatic heterocycles. The zero-order chi connectivity index (χ0) is 54.1. The number of phenolic OH excluding ortho intramolecular Hbond substituents is 2. The summed E-state index contributed by atoms with van der Waals surface area (Å²) in [6.07, 6.45) is -2.43. The molecule has 0 aliphatic carbocycles. The molecule has 0 saturated heterocycles. The molecule has 23 heteroatoms. The molecule has 0 radical (unpaired) electrons. The second kappa shape index (κ2) is 26.9. The first kappa shape index (κ1) is 56.5. The van der Waals surface area contributed by atoms with Gasteiger partial charge in [0, 0.05) is 42.8 Å². The third kappa shape index (κ3) is 16.3. The summed E-state index contributed by atoms with van der Waals surface area (Å²) >= 11 is 0. The van der Waals surface area contributed by atoms with E-state index in [4.69, 9.17) is 5.73 Å². The first-order valence-corrected chi connectivity index (χ1v) is 23.4. The van der Waals surface area contributed by atoms with Gasteiger partial charge >= 0.3 is 5.97 Å². The van der Waals surface area contributed by atoms with E-state index in [2.05, 4.69) is 42.2 Å². The number of aromatic hydroxyl groups is 2. The zero-order valence-corrected chi connectivity index (χ0v) is 40.4. The minimum Gasteiger partial charge on any atom is -0.508 e. The van der Waals surface area contributed by atoms with Crippen LogP contribution in [0.1, 0.15) is 36.1 Å². The molecular formula is C51H61N9O14. The summed E-state index contributed by atoms with van der Waals surface area (Å²) in [5, 5.41) is 79.2. The molecule has 394 valence electrons. The Kier molecular flexibility index (Phi) is 20.5. The summed E-state index contributed by atoms with van der Waals surface area (Å²) in [7, 11) is 0. The van der Waals surface area contributed by atoms with Crippen molar-refractivity contribution < 1.29 is 69.0 Å². The van der Waals surface area contributed by atoms with E-state index in [0.717, 1.165) is 17.8 Å². The van der Waals surface area contributed by atoms with Crippen molar-refractivity contribution in [3.8, 4) is 11.5 Å². The Bertz CT molecular complexity index is 2740. The second-order valence-electron chi connectivity index (χ2n) is 17.5. The number of aliphatic carboxylic acids is 1. The molecule has 74 heavy (non-hydrogen) atoms. The number of hydrogen-bond donors (Lipinski definition) is 15. The quantitative estimate of drug-likeness (QED) is 0.0286. The van der Waals surface area contributed by atoms with Crippen LogP contribution in [0.5, 0.6) is 11.5 Å². The molecule has 16 N–H and O–H groups in total. The van der Waals surface area contributed by atoms with E-state index >= 15 is 0 Å². The molecule has 0 fully saturated rings. The van der Waals surface area contributed by atoms with Crippen molar-refractivity contribution in [1.82, 2.24) is 42.2 Å². The number of rotatable bonds is 26. The summed E-state index contributed by atoms with van der Waals surface area (Å²) in [6.45, 7) is 0.760. The number of aliphatic hydroxyl groups is 3. The number of hydrogen-bond acceptors (Lipinski definition) is 14. The normalized spacial score (nSPS) is 14.8. The molecule has 7 amide bonds.